The molecule has 0 amide bonds. The molecule has 0 aromatic heterocycles. The summed E-state index contributed by atoms with van der Waals surface area (Å²) in [5.74, 6) is -1.91. The van der Waals surface area contributed by atoms with E-state index in [-0.39, 0.29) is 11.1 Å². The Balaban J connectivity index is 2.48. The first-order valence-electron chi connectivity index (χ1n) is 4.94. The van der Waals surface area contributed by atoms with E-state index in [2.05, 4.69) is 0 Å². The quantitative estimate of drug-likeness (QED) is 0.470. The van der Waals surface area contributed by atoms with Crippen molar-refractivity contribution in [1.29, 1.82) is 0 Å². The van der Waals surface area contributed by atoms with Gasteiger partial charge in [0.2, 0.25) is 0 Å². The molecule has 0 bridgehead atoms. The summed E-state index contributed by atoms with van der Waals surface area (Å²) in [6, 6.07) is 8.47. The second kappa shape index (κ2) is 5.60. The van der Waals surface area contributed by atoms with Gasteiger partial charge in [-0.3, -0.25) is 4.79 Å². The summed E-state index contributed by atoms with van der Waals surface area (Å²) in [5, 5.41) is 0. The number of rotatable bonds is 2. The third kappa shape index (κ3) is 2.87. The van der Waals surface area contributed by atoms with Crippen molar-refractivity contribution < 1.29 is 13.6 Å². The van der Waals surface area contributed by atoms with Crippen LogP contribution in [-0.4, -0.2) is 5.78 Å². The van der Waals surface area contributed by atoms with Crippen LogP contribution in [0.4, 0.5) is 8.78 Å². The minimum Gasteiger partial charge on any atom is -0.288 e. The fourth-order valence-corrected chi connectivity index (χ4v) is 2.40. The summed E-state index contributed by atoms with van der Waals surface area (Å²) in [6.45, 7) is 0. The lowest BCUT2D eigenvalue weighted by atomic mass is 10.0. The van der Waals surface area contributed by atoms with Crippen LogP contribution in [0.1, 0.15) is 15.9 Å². The standard InChI is InChI=1S/C13H6F2I2O/c14-11-5-7(16)1-3-9(11)13(18)10-4-2-8(17)6-12(10)15/h1-6H. The average Bonchev–Trinajstić information content (AvgIpc) is 2.28. The largest absolute Gasteiger partial charge is 0.288 e. The number of hydrogen-bond donors (Lipinski definition) is 0. The smallest absolute Gasteiger partial charge is 0.198 e. The molecule has 0 saturated carbocycles. The third-order valence-electron chi connectivity index (χ3n) is 2.35. The Kier molecular flexibility index (Phi) is 4.31. The SMILES string of the molecule is O=C(c1ccc(I)cc1F)c1ccc(I)cc1F. The second-order valence-electron chi connectivity index (χ2n) is 3.58. The van der Waals surface area contributed by atoms with Crippen molar-refractivity contribution >= 4 is 51.0 Å². The van der Waals surface area contributed by atoms with Crippen LogP contribution in [0.5, 0.6) is 0 Å². The number of carbonyl (C=O) groups is 1. The fraction of sp³-hybridized carbons (Fsp3) is 0. The number of halogens is 4. The molecule has 1 nitrogen and oxygen atoms in total. The van der Waals surface area contributed by atoms with Crippen LogP contribution in [0.25, 0.3) is 0 Å². The zero-order chi connectivity index (χ0) is 13.3. The number of carbonyl (C=O) groups excluding carboxylic acids is 1. The highest BCUT2D eigenvalue weighted by atomic mass is 127. The van der Waals surface area contributed by atoms with Crippen molar-refractivity contribution in [1.82, 2.24) is 0 Å². The van der Waals surface area contributed by atoms with Crippen LogP contribution in [0.15, 0.2) is 36.4 Å². The van der Waals surface area contributed by atoms with E-state index in [0.717, 1.165) is 0 Å². The lowest BCUT2D eigenvalue weighted by Gasteiger charge is -2.05. The minimum absolute atomic E-state index is 0.115. The van der Waals surface area contributed by atoms with Crippen molar-refractivity contribution in [3.05, 3.63) is 66.3 Å². The monoisotopic (exact) mass is 470 g/mol. The van der Waals surface area contributed by atoms with Crippen LogP contribution in [0.2, 0.25) is 0 Å². The summed E-state index contributed by atoms with van der Waals surface area (Å²) in [4.78, 5) is 12.0. The Morgan fingerprint density at radius 2 is 1.22 bits per heavy atom. The number of hydrogen-bond acceptors (Lipinski definition) is 1. The Hall–Kier alpha value is -0.570. The highest BCUT2D eigenvalue weighted by Crippen LogP contribution is 2.19. The van der Waals surface area contributed by atoms with Gasteiger partial charge in [0.15, 0.2) is 5.78 Å². The van der Waals surface area contributed by atoms with Crippen molar-refractivity contribution in [2.24, 2.45) is 0 Å². The minimum atomic E-state index is -0.641. The molecule has 92 valence electrons. The first-order chi connectivity index (χ1) is 8.49. The number of benzene rings is 2. The summed E-state index contributed by atoms with van der Waals surface area (Å²) >= 11 is 3.89. The van der Waals surface area contributed by atoms with E-state index in [1.807, 2.05) is 45.2 Å². The maximum Gasteiger partial charge on any atom is 0.198 e. The number of ketones is 1. The van der Waals surface area contributed by atoms with Gasteiger partial charge in [-0.1, -0.05) is 0 Å². The predicted molar refractivity (Wildman–Crippen MR) is 81.7 cm³/mol. The van der Waals surface area contributed by atoms with E-state index in [9.17, 15) is 13.6 Å². The van der Waals surface area contributed by atoms with Gasteiger partial charge >= 0.3 is 0 Å². The van der Waals surface area contributed by atoms with Gasteiger partial charge in [-0.2, -0.15) is 0 Å². The summed E-state index contributed by atoms with van der Waals surface area (Å²) in [5.41, 5.74) is -0.231. The van der Waals surface area contributed by atoms with Gasteiger partial charge in [0.1, 0.15) is 11.6 Å². The molecule has 0 fully saturated rings. The Morgan fingerprint density at radius 3 is 1.56 bits per heavy atom. The van der Waals surface area contributed by atoms with Crippen LogP contribution in [0, 0.1) is 18.8 Å². The van der Waals surface area contributed by atoms with Crippen LogP contribution in [0.3, 0.4) is 0 Å². The molecule has 0 N–H and O–H groups in total. The first kappa shape index (κ1) is 13.9. The van der Waals surface area contributed by atoms with Crippen LogP contribution in [-0.2, 0) is 0 Å². The van der Waals surface area contributed by atoms with Gasteiger partial charge in [-0.15, -0.1) is 0 Å². The summed E-state index contributed by atoms with van der Waals surface area (Å²) < 4.78 is 28.7. The normalized spacial score (nSPS) is 10.4. The molecule has 0 aliphatic carbocycles. The van der Waals surface area contributed by atoms with E-state index in [1.54, 1.807) is 12.1 Å². The molecule has 0 aliphatic rings. The van der Waals surface area contributed by atoms with E-state index in [4.69, 9.17) is 0 Å². The van der Waals surface area contributed by atoms with Gasteiger partial charge in [-0.05, 0) is 81.6 Å². The van der Waals surface area contributed by atoms with E-state index in [1.165, 1.54) is 24.3 Å². The summed E-state index contributed by atoms with van der Waals surface area (Å²) in [7, 11) is 0. The molecule has 0 aliphatic heterocycles. The van der Waals surface area contributed by atoms with Gasteiger partial charge in [-0.25, -0.2) is 8.78 Å². The van der Waals surface area contributed by atoms with Gasteiger partial charge in [0, 0.05) is 7.14 Å². The molecule has 5 heteroatoms. The van der Waals surface area contributed by atoms with E-state index < -0.39 is 17.4 Å². The molecular weight excluding hydrogens is 464 g/mol. The topological polar surface area (TPSA) is 17.1 Å². The molecule has 2 aromatic rings. The van der Waals surface area contributed by atoms with Crippen LogP contribution < -0.4 is 0 Å². The van der Waals surface area contributed by atoms with Crippen molar-refractivity contribution in [3.63, 3.8) is 0 Å². The second-order valence-corrected chi connectivity index (χ2v) is 6.07. The molecule has 0 heterocycles. The maximum absolute atomic E-state index is 13.6. The molecule has 0 unspecified atom stereocenters. The predicted octanol–water partition coefficient (Wildman–Crippen LogP) is 4.41. The third-order valence-corrected chi connectivity index (χ3v) is 3.69. The van der Waals surface area contributed by atoms with Crippen molar-refractivity contribution in [2.45, 2.75) is 0 Å². The molecule has 2 aromatic carbocycles. The Bertz CT molecular complexity index is 573. The van der Waals surface area contributed by atoms with Crippen LogP contribution >= 0.6 is 45.2 Å². The first-order valence-corrected chi connectivity index (χ1v) is 7.09. The van der Waals surface area contributed by atoms with Crippen molar-refractivity contribution in [3.8, 4) is 0 Å². The Labute approximate surface area is 130 Å². The fourth-order valence-electron chi connectivity index (χ4n) is 1.49. The zero-order valence-electron chi connectivity index (χ0n) is 8.88. The van der Waals surface area contributed by atoms with E-state index >= 15 is 0 Å². The van der Waals surface area contributed by atoms with E-state index in [0.29, 0.717) is 7.14 Å². The lowest BCUT2D eigenvalue weighted by molar-refractivity contribution is 0.103. The molecule has 0 radical (unpaired) electrons. The molecule has 0 spiro atoms. The molecule has 0 saturated heterocycles. The van der Waals surface area contributed by atoms with Crippen molar-refractivity contribution in [2.75, 3.05) is 0 Å². The lowest BCUT2D eigenvalue weighted by Crippen LogP contribution is -2.07. The van der Waals surface area contributed by atoms with Gasteiger partial charge in [0.25, 0.3) is 0 Å². The molecule has 18 heavy (non-hydrogen) atoms. The maximum atomic E-state index is 13.6. The molecule has 2 rings (SSSR count). The molecule has 0 atom stereocenters. The summed E-state index contributed by atoms with van der Waals surface area (Å²) in [6.07, 6.45) is 0. The average molecular weight is 470 g/mol. The van der Waals surface area contributed by atoms with Gasteiger partial charge in [0.05, 0.1) is 11.1 Å². The molecular formula is C13H6F2I2O. The highest BCUT2D eigenvalue weighted by Gasteiger charge is 2.17. The highest BCUT2D eigenvalue weighted by molar-refractivity contribution is 14.1. The zero-order valence-corrected chi connectivity index (χ0v) is 13.2. The van der Waals surface area contributed by atoms with Gasteiger partial charge < -0.3 is 0 Å². The Morgan fingerprint density at radius 1 is 0.833 bits per heavy atom.